The Hall–Kier alpha value is -3.28. The number of hydrogen-bond donors (Lipinski definition) is 1. The summed E-state index contributed by atoms with van der Waals surface area (Å²) in [5.41, 5.74) is 1.42. The van der Waals surface area contributed by atoms with Crippen LogP contribution in [-0.4, -0.2) is 31.5 Å². The second-order valence-corrected chi connectivity index (χ2v) is 7.65. The zero-order valence-electron chi connectivity index (χ0n) is 17.1. The van der Waals surface area contributed by atoms with Gasteiger partial charge in [-0.05, 0) is 48.7 Å². The van der Waals surface area contributed by atoms with Crippen LogP contribution < -0.4 is 19.7 Å². The topological polar surface area (TPSA) is 67.9 Å². The van der Waals surface area contributed by atoms with Crippen molar-refractivity contribution in [2.45, 2.75) is 38.1 Å². The van der Waals surface area contributed by atoms with Gasteiger partial charge in [0.1, 0.15) is 12.3 Å². The Kier molecular flexibility index (Phi) is 6.02. The van der Waals surface area contributed by atoms with Gasteiger partial charge in [-0.15, -0.1) is 0 Å². The van der Waals surface area contributed by atoms with E-state index in [0.29, 0.717) is 11.4 Å². The summed E-state index contributed by atoms with van der Waals surface area (Å²) in [6, 6.07) is 14.8. The maximum Gasteiger partial charge on any atom is 0.294 e. The molecule has 1 N–H and O–H groups in total. The van der Waals surface area contributed by atoms with Crippen molar-refractivity contribution in [3.63, 3.8) is 0 Å². The van der Waals surface area contributed by atoms with Crippen molar-refractivity contribution in [1.29, 1.82) is 0 Å². The first-order chi connectivity index (χ1) is 14.6. The van der Waals surface area contributed by atoms with Crippen LogP contribution in [0.15, 0.2) is 54.3 Å². The first-order valence-corrected chi connectivity index (χ1v) is 10.4. The van der Waals surface area contributed by atoms with Gasteiger partial charge in [0.05, 0.1) is 12.8 Å². The third-order valence-electron chi connectivity index (χ3n) is 5.52. The fourth-order valence-electron chi connectivity index (χ4n) is 3.93. The fourth-order valence-corrected chi connectivity index (χ4v) is 3.93. The average Bonchev–Trinajstić information content (AvgIpc) is 2.78. The smallest absolute Gasteiger partial charge is 0.294 e. The highest BCUT2D eigenvalue weighted by Crippen LogP contribution is 2.35. The van der Waals surface area contributed by atoms with Crippen molar-refractivity contribution in [2.24, 2.45) is 0 Å². The van der Waals surface area contributed by atoms with E-state index in [9.17, 15) is 9.59 Å². The normalized spacial score (nSPS) is 18.0. The molecule has 1 aliphatic heterocycles. The highest BCUT2D eigenvalue weighted by molar-refractivity contribution is 6.12. The van der Waals surface area contributed by atoms with Crippen LogP contribution in [0.3, 0.4) is 0 Å². The molecule has 0 bridgehead atoms. The number of fused-ring (bicyclic) bond motifs is 1. The van der Waals surface area contributed by atoms with E-state index in [1.165, 1.54) is 11.3 Å². The molecular weight excluding hydrogens is 380 g/mol. The molecule has 156 valence electrons. The molecule has 0 radical (unpaired) electrons. The lowest BCUT2D eigenvalue weighted by Gasteiger charge is -2.31. The SMILES string of the molecule is COc1ccc(C=C2Oc3ccccc3N(CC(=O)NC3CCCCC3)C2=O)cc1. The van der Waals surface area contributed by atoms with Gasteiger partial charge in [0.2, 0.25) is 5.91 Å². The number of ether oxygens (including phenoxy) is 2. The van der Waals surface area contributed by atoms with Gasteiger partial charge in [0.15, 0.2) is 11.5 Å². The minimum absolute atomic E-state index is 0.0321. The molecule has 1 fully saturated rings. The van der Waals surface area contributed by atoms with Crippen LogP contribution in [0.25, 0.3) is 6.08 Å². The van der Waals surface area contributed by atoms with E-state index in [1.807, 2.05) is 36.4 Å². The highest BCUT2D eigenvalue weighted by Gasteiger charge is 2.32. The second kappa shape index (κ2) is 9.03. The van der Waals surface area contributed by atoms with E-state index < -0.39 is 0 Å². The van der Waals surface area contributed by atoms with Gasteiger partial charge >= 0.3 is 0 Å². The number of hydrogen-bond acceptors (Lipinski definition) is 4. The summed E-state index contributed by atoms with van der Waals surface area (Å²) < 4.78 is 11.1. The lowest BCUT2D eigenvalue weighted by Crippen LogP contribution is -2.47. The maximum absolute atomic E-state index is 13.2. The molecule has 1 heterocycles. The standard InChI is InChI=1S/C24H26N2O4/c1-29-19-13-11-17(12-14-19)15-22-24(28)26(20-9-5-6-10-21(20)30-22)16-23(27)25-18-7-3-2-4-8-18/h5-6,9-15,18H,2-4,7-8,16H2,1H3,(H,25,27). The summed E-state index contributed by atoms with van der Waals surface area (Å²) in [7, 11) is 1.61. The average molecular weight is 406 g/mol. The Balaban J connectivity index is 1.56. The lowest BCUT2D eigenvalue weighted by molar-refractivity contribution is -0.124. The molecule has 0 atom stereocenters. The van der Waals surface area contributed by atoms with Crippen LogP contribution in [0.4, 0.5) is 5.69 Å². The Morgan fingerprint density at radius 3 is 2.60 bits per heavy atom. The summed E-state index contributed by atoms with van der Waals surface area (Å²) in [4.78, 5) is 27.4. The second-order valence-electron chi connectivity index (χ2n) is 7.65. The predicted molar refractivity (Wildman–Crippen MR) is 115 cm³/mol. The van der Waals surface area contributed by atoms with Crippen LogP contribution in [0.5, 0.6) is 11.5 Å². The third kappa shape index (κ3) is 4.48. The van der Waals surface area contributed by atoms with Gasteiger partial charge in [0, 0.05) is 6.04 Å². The number of carbonyl (C=O) groups excluding carboxylic acids is 2. The van der Waals surface area contributed by atoms with Gasteiger partial charge in [0.25, 0.3) is 5.91 Å². The van der Waals surface area contributed by atoms with Gasteiger partial charge in [-0.1, -0.05) is 43.5 Å². The fraction of sp³-hybridized carbons (Fsp3) is 0.333. The molecule has 0 unspecified atom stereocenters. The first-order valence-electron chi connectivity index (χ1n) is 10.4. The Labute approximate surface area is 176 Å². The highest BCUT2D eigenvalue weighted by atomic mass is 16.5. The largest absolute Gasteiger partial charge is 0.497 e. The lowest BCUT2D eigenvalue weighted by atomic mass is 9.95. The van der Waals surface area contributed by atoms with Gasteiger partial charge in [-0.3, -0.25) is 14.5 Å². The molecular formula is C24H26N2O4. The van der Waals surface area contributed by atoms with Crippen molar-refractivity contribution in [3.05, 3.63) is 59.9 Å². The summed E-state index contributed by atoms with van der Waals surface area (Å²) in [6.45, 7) is -0.0321. The molecule has 6 heteroatoms. The van der Waals surface area contributed by atoms with Crippen LogP contribution in [0.1, 0.15) is 37.7 Å². The van der Waals surface area contributed by atoms with Crippen molar-refractivity contribution in [3.8, 4) is 11.5 Å². The number of rotatable bonds is 5. The van der Waals surface area contributed by atoms with Gasteiger partial charge in [-0.25, -0.2) is 0 Å². The minimum atomic E-state index is -0.330. The molecule has 1 saturated carbocycles. The van der Waals surface area contributed by atoms with Crippen LogP contribution in [0, 0.1) is 0 Å². The van der Waals surface area contributed by atoms with Crippen molar-refractivity contribution in [1.82, 2.24) is 5.32 Å². The molecule has 6 nitrogen and oxygen atoms in total. The molecule has 2 aliphatic rings. The number of benzene rings is 2. The molecule has 30 heavy (non-hydrogen) atoms. The molecule has 2 aromatic carbocycles. The molecule has 0 aromatic heterocycles. The Morgan fingerprint density at radius 1 is 1.13 bits per heavy atom. The van der Waals surface area contributed by atoms with E-state index >= 15 is 0 Å². The number of nitrogens with zero attached hydrogens (tertiary/aromatic N) is 1. The van der Waals surface area contributed by atoms with E-state index in [4.69, 9.17) is 9.47 Å². The van der Waals surface area contributed by atoms with E-state index in [2.05, 4.69) is 5.32 Å². The number of methoxy groups -OCH3 is 1. The number of anilines is 1. The van der Waals surface area contributed by atoms with Crippen molar-refractivity contribution >= 4 is 23.6 Å². The molecule has 0 saturated heterocycles. The van der Waals surface area contributed by atoms with E-state index in [-0.39, 0.29) is 30.2 Å². The number of para-hydroxylation sites is 2. The van der Waals surface area contributed by atoms with Crippen LogP contribution in [-0.2, 0) is 9.59 Å². The third-order valence-corrected chi connectivity index (χ3v) is 5.52. The maximum atomic E-state index is 13.2. The summed E-state index contributed by atoms with van der Waals surface area (Å²) >= 11 is 0. The Bertz CT molecular complexity index is 946. The molecule has 1 aliphatic carbocycles. The molecule has 2 aromatic rings. The summed E-state index contributed by atoms with van der Waals surface area (Å²) in [5, 5.41) is 3.09. The van der Waals surface area contributed by atoms with Crippen molar-refractivity contribution in [2.75, 3.05) is 18.6 Å². The molecule has 4 rings (SSSR count). The first kappa shape index (κ1) is 20.0. The van der Waals surface area contributed by atoms with E-state index in [1.54, 1.807) is 25.3 Å². The van der Waals surface area contributed by atoms with E-state index in [0.717, 1.165) is 37.0 Å². The van der Waals surface area contributed by atoms with Crippen molar-refractivity contribution < 1.29 is 19.1 Å². The summed E-state index contributed by atoms with van der Waals surface area (Å²) in [6.07, 6.45) is 7.19. The number of carbonyl (C=O) groups is 2. The van der Waals surface area contributed by atoms with Gasteiger partial charge < -0.3 is 14.8 Å². The van der Waals surface area contributed by atoms with Gasteiger partial charge in [-0.2, -0.15) is 0 Å². The zero-order chi connectivity index (χ0) is 20.9. The number of nitrogens with one attached hydrogen (secondary N) is 1. The number of amides is 2. The molecule has 0 spiro atoms. The zero-order valence-corrected chi connectivity index (χ0v) is 17.1. The Morgan fingerprint density at radius 2 is 1.87 bits per heavy atom. The molecule has 2 amide bonds. The predicted octanol–water partition coefficient (Wildman–Crippen LogP) is 3.91. The van der Waals surface area contributed by atoms with Crippen LogP contribution >= 0.6 is 0 Å². The van der Waals surface area contributed by atoms with Crippen LogP contribution in [0.2, 0.25) is 0 Å². The quantitative estimate of drug-likeness (QED) is 0.765. The monoisotopic (exact) mass is 406 g/mol. The summed E-state index contributed by atoms with van der Waals surface area (Å²) in [5.74, 6) is 1.00. The minimum Gasteiger partial charge on any atom is -0.497 e.